The number of halogens is 3. The van der Waals surface area contributed by atoms with E-state index in [1.165, 1.54) is 12.1 Å². The number of aromatic nitrogens is 1. The first-order chi connectivity index (χ1) is 11.4. The molecule has 0 spiro atoms. The molecule has 120 valence electrons. The minimum absolute atomic E-state index is 0.222. The molecule has 3 aromatic rings. The number of carbonyl (C=O) groups excluding carboxylic acids is 1. The monoisotopic (exact) mass is 330 g/mol. The van der Waals surface area contributed by atoms with E-state index in [0.717, 1.165) is 12.1 Å². The average Bonchev–Trinajstić information content (AvgIpc) is 2.98. The predicted octanol–water partition coefficient (Wildman–Crippen LogP) is 4.34. The molecule has 0 unspecified atom stereocenters. The Kier molecular flexibility index (Phi) is 3.81. The molecule has 0 saturated heterocycles. The molecule has 0 radical (unpaired) electrons. The molecule has 0 bridgehead atoms. The van der Waals surface area contributed by atoms with Crippen LogP contribution in [0.4, 0.5) is 13.2 Å². The minimum atomic E-state index is -4.70. The Balaban J connectivity index is 2.06. The standard InChI is InChI=1S/C17H9F3N2O2/c18-17(19,20)12-6-2-1-5-10(12)15(23)11(9-21)16-22-13-7-3-4-8-14(13)24-16/h1-8,11H/t11-/m1/s1. The molecule has 0 amide bonds. The van der Waals surface area contributed by atoms with E-state index in [4.69, 9.17) is 4.42 Å². The SMILES string of the molecule is N#C[C@H](C(=O)c1ccccc1C(F)(F)F)c1nc2ccccc2o1. The van der Waals surface area contributed by atoms with Crippen molar-refractivity contribution in [1.29, 1.82) is 5.26 Å². The summed E-state index contributed by atoms with van der Waals surface area (Å²) in [6.07, 6.45) is -4.70. The van der Waals surface area contributed by atoms with Crippen molar-refractivity contribution in [2.45, 2.75) is 12.1 Å². The Morgan fingerprint density at radius 1 is 1.12 bits per heavy atom. The molecule has 24 heavy (non-hydrogen) atoms. The zero-order valence-electron chi connectivity index (χ0n) is 12.0. The highest BCUT2D eigenvalue weighted by Gasteiger charge is 2.37. The molecule has 3 rings (SSSR count). The number of alkyl halides is 3. The van der Waals surface area contributed by atoms with Crippen LogP contribution in [0.2, 0.25) is 0 Å². The van der Waals surface area contributed by atoms with Crippen LogP contribution < -0.4 is 0 Å². The van der Waals surface area contributed by atoms with Crippen molar-refractivity contribution < 1.29 is 22.4 Å². The van der Waals surface area contributed by atoms with Crippen LogP contribution in [-0.2, 0) is 6.18 Å². The second-order valence-corrected chi connectivity index (χ2v) is 4.99. The first-order valence-electron chi connectivity index (χ1n) is 6.87. The summed E-state index contributed by atoms with van der Waals surface area (Å²) >= 11 is 0. The number of ketones is 1. The summed E-state index contributed by atoms with van der Waals surface area (Å²) in [7, 11) is 0. The van der Waals surface area contributed by atoms with Gasteiger partial charge < -0.3 is 4.42 Å². The maximum absolute atomic E-state index is 13.1. The molecule has 4 nitrogen and oxygen atoms in total. The number of fused-ring (bicyclic) bond motifs is 1. The molecular weight excluding hydrogens is 321 g/mol. The lowest BCUT2D eigenvalue weighted by atomic mass is 9.94. The second-order valence-electron chi connectivity index (χ2n) is 4.99. The number of para-hydroxylation sites is 2. The summed E-state index contributed by atoms with van der Waals surface area (Å²) in [5, 5.41) is 9.28. The number of hydrogen-bond acceptors (Lipinski definition) is 4. The lowest BCUT2D eigenvalue weighted by Crippen LogP contribution is -2.18. The van der Waals surface area contributed by atoms with Gasteiger partial charge in [0.2, 0.25) is 5.89 Å². The van der Waals surface area contributed by atoms with E-state index < -0.39 is 29.0 Å². The minimum Gasteiger partial charge on any atom is -0.439 e. The van der Waals surface area contributed by atoms with Crippen LogP contribution in [0.15, 0.2) is 52.9 Å². The molecule has 0 aliphatic rings. The lowest BCUT2D eigenvalue weighted by molar-refractivity contribution is -0.137. The highest BCUT2D eigenvalue weighted by Crippen LogP contribution is 2.34. The number of hydrogen-bond donors (Lipinski definition) is 0. The molecule has 0 aliphatic heterocycles. The van der Waals surface area contributed by atoms with Crippen LogP contribution in [0.1, 0.15) is 27.7 Å². The molecule has 2 aromatic carbocycles. The van der Waals surface area contributed by atoms with Crippen LogP contribution in [-0.4, -0.2) is 10.8 Å². The van der Waals surface area contributed by atoms with Crippen LogP contribution in [0.5, 0.6) is 0 Å². The Morgan fingerprint density at radius 3 is 2.46 bits per heavy atom. The number of rotatable bonds is 3. The Morgan fingerprint density at radius 2 is 1.79 bits per heavy atom. The molecule has 0 N–H and O–H groups in total. The van der Waals surface area contributed by atoms with Crippen LogP contribution in [0.3, 0.4) is 0 Å². The van der Waals surface area contributed by atoms with Crippen molar-refractivity contribution in [3.8, 4) is 6.07 Å². The van der Waals surface area contributed by atoms with Crippen molar-refractivity contribution in [1.82, 2.24) is 4.98 Å². The van der Waals surface area contributed by atoms with Crippen molar-refractivity contribution in [3.05, 3.63) is 65.5 Å². The fourth-order valence-electron chi connectivity index (χ4n) is 2.34. The summed E-state index contributed by atoms with van der Waals surface area (Å²) in [6.45, 7) is 0. The number of Topliss-reactive ketones (excluding diaryl/α,β-unsaturated/α-hetero) is 1. The lowest BCUT2D eigenvalue weighted by Gasteiger charge is -2.12. The summed E-state index contributed by atoms with van der Waals surface area (Å²) in [6, 6.07) is 12.6. The molecular formula is C17H9F3N2O2. The van der Waals surface area contributed by atoms with Crippen molar-refractivity contribution in [2.75, 3.05) is 0 Å². The topological polar surface area (TPSA) is 66.9 Å². The van der Waals surface area contributed by atoms with Gasteiger partial charge in [-0.05, 0) is 18.2 Å². The van der Waals surface area contributed by atoms with Gasteiger partial charge in [-0.2, -0.15) is 18.4 Å². The first-order valence-corrected chi connectivity index (χ1v) is 6.87. The van der Waals surface area contributed by atoms with Gasteiger partial charge >= 0.3 is 6.18 Å². The molecule has 7 heteroatoms. The zero-order valence-corrected chi connectivity index (χ0v) is 12.0. The van der Waals surface area contributed by atoms with Gasteiger partial charge in [-0.3, -0.25) is 4.79 Å². The maximum atomic E-state index is 13.1. The summed E-state index contributed by atoms with van der Waals surface area (Å²) < 4.78 is 44.6. The van der Waals surface area contributed by atoms with Crippen LogP contribution in [0.25, 0.3) is 11.1 Å². The molecule has 1 heterocycles. The van der Waals surface area contributed by atoms with Crippen LogP contribution >= 0.6 is 0 Å². The number of nitrogens with zero attached hydrogens (tertiary/aromatic N) is 2. The largest absolute Gasteiger partial charge is 0.439 e. The smallest absolute Gasteiger partial charge is 0.417 e. The highest BCUT2D eigenvalue weighted by molar-refractivity contribution is 6.03. The average molecular weight is 330 g/mol. The van der Waals surface area contributed by atoms with Gasteiger partial charge in [0.25, 0.3) is 0 Å². The maximum Gasteiger partial charge on any atom is 0.417 e. The Hall–Kier alpha value is -3.14. The van der Waals surface area contributed by atoms with E-state index >= 15 is 0 Å². The van der Waals surface area contributed by atoms with E-state index in [1.807, 2.05) is 0 Å². The summed E-state index contributed by atoms with van der Waals surface area (Å²) in [5.74, 6) is -2.78. The van der Waals surface area contributed by atoms with Gasteiger partial charge in [-0.15, -0.1) is 0 Å². The third-order valence-electron chi connectivity index (χ3n) is 3.45. The fourth-order valence-corrected chi connectivity index (χ4v) is 2.34. The zero-order chi connectivity index (χ0) is 17.3. The summed E-state index contributed by atoms with van der Waals surface area (Å²) in [4.78, 5) is 16.5. The van der Waals surface area contributed by atoms with Crippen molar-refractivity contribution in [2.24, 2.45) is 0 Å². The molecule has 0 aliphatic carbocycles. The summed E-state index contributed by atoms with van der Waals surface area (Å²) in [5.41, 5.74) is -0.903. The first kappa shape index (κ1) is 15.7. The Labute approximate surface area is 134 Å². The third kappa shape index (κ3) is 2.74. The molecule has 1 atom stereocenters. The normalized spacial score (nSPS) is 12.8. The third-order valence-corrected chi connectivity index (χ3v) is 3.45. The van der Waals surface area contributed by atoms with Crippen molar-refractivity contribution >= 4 is 16.9 Å². The van der Waals surface area contributed by atoms with Gasteiger partial charge in [-0.25, -0.2) is 4.98 Å². The molecule has 0 saturated carbocycles. The molecule has 0 fully saturated rings. The van der Waals surface area contributed by atoms with E-state index in [0.29, 0.717) is 11.1 Å². The van der Waals surface area contributed by atoms with E-state index in [-0.39, 0.29) is 5.89 Å². The fraction of sp³-hybridized carbons (Fsp3) is 0.118. The van der Waals surface area contributed by atoms with Crippen molar-refractivity contribution in [3.63, 3.8) is 0 Å². The number of oxazole rings is 1. The van der Waals surface area contributed by atoms with E-state index in [9.17, 15) is 23.2 Å². The van der Waals surface area contributed by atoms with Gasteiger partial charge in [0, 0.05) is 5.56 Å². The highest BCUT2D eigenvalue weighted by atomic mass is 19.4. The Bertz CT molecular complexity index is 921. The quantitative estimate of drug-likeness (QED) is 0.670. The predicted molar refractivity (Wildman–Crippen MR) is 78.1 cm³/mol. The van der Waals surface area contributed by atoms with E-state index in [1.54, 1.807) is 30.3 Å². The van der Waals surface area contributed by atoms with Gasteiger partial charge in [0.1, 0.15) is 5.52 Å². The molecule has 1 aromatic heterocycles. The van der Waals surface area contributed by atoms with E-state index in [2.05, 4.69) is 4.98 Å². The number of nitriles is 1. The number of carbonyl (C=O) groups is 1. The van der Waals surface area contributed by atoms with Gasteiger partial charge in [0.05, 0.1) is 11.6 Å². The van der Waals surface area contributed by atoms with Gasteiger partial charge in [-0.1, -0.05) is 30.3 Å². The second kappa shape index (κ2) is 5.81. The van der Waals surface area contributed by atoms with Gasteiger partial charge in [0.15, 0.2) is 17.3 Å². The number of benzene rings is 2. The van der Waals surface area contributed by atoms with Crippen LogP contribution in [0, 0.1) is 11.3 Å².